The van der Waals surface area contributed by atoms with E-state index >= 15 is 0 Å². The first-order valence-electron chi connectivity index (χ1n) is 7.32. The molecule has 0 radical (unpaired) electrons. The minimum absolute atomic E-state index is 0.00848. The van der Waals surface area contributed by atoms with Crippen LogP contribution in [0, 0.1) is 0 Å². The van der Waals surface area contributed by atoms with Gasteiger partial charge in [-0.25, -0.2) is 0 Å². The van der Waals surface area contributed by atoms with E-state index in [1.54, 1.807) is 14.1 Å². The first-order chi connectivity index (χ1) is 9.99. The number of ether oxygens (including phenoxy) is 2. The Kier molecular flexibility index (Phi) is 7.02. The second-order valence-electron chi connectivity index (χ2n) is 5.13. The molecule has 0 aliphatic heterocycles. The van der Waals surface area contributed by atoms with Crippen LogP contribution in [0.5, 0.6) is 11.5 Å². The van der Waals surface area contributed by atoms with Crippen LogP contribution in [0.25, 0.3) is 0 Å². The molecule has 0 spiro atoms. The largest absolute Gasteiger partial charge is 0.490 e. The van der Waals surface area contributed by atoms with E-state index in [9.17, 15) is 4.79 Å². The third-order valence-electron chi connectivity index (χ3n) is 3.21. The van der Waals surface area contributed by atoms with Gasteiger partial charge in [0, 0.05) is 20.1 Å². The molecule has 0 bridgehead atoms. The third-order valence-corrected chi connectivity index (χ3v) is 3.21. The van der Waals surface area contributed by atoms with Crippen molar-refractivity contribution in [2.24, 2.45) is 5.73 Å². The molecule has 0 aliphatic carbocycles. The van der Waals surface area contributed by atoms with Gasteiger partial charge in [-0.3, -0.25) is 4.79 Å². The summed E-state index contributed by atoms with van der Waals surface area (Å²) in [7, 11) is 3.40. The summed E-state index contributed by atoms with van der Waals surface area (Å²) in [5.74, 6) is 1.19. The van der Waals surface area contributed by atoms with Gasteiger partial charge in [0.2, 0.25) is 0 Å². The zero-order chi connectivity index (χ0) is 15.8. The van der Waals surface area contributed by atoms with E-state index < -0.39 is 0 Å². The minimum Gasteiger partial charge on any atom is -0.490 e. The lowest BCUT2D eigenvalue weighted by Crippen LogP contribution is -2.28. The SMILES string of the molecule is CCOc1cccc(CC(N)CC)c1OCC(=O)N(C)C. The van der Waals surface area contributed by atoms with E-state index in [-0.39, 0.29) is 18.6 Å². The van der Waals surface area contributed by atoms with Crippen molar-refractivity contribution < 1.29 is 14.3 Å². The maximum Gasteiger partial charge on any atom is 0.259 e. The van der Waals surface area contributed by atoms with Crippen LogP contribution in [0.2, 0.25) is 0 Å². The molecule has 1 atom stereocenters. The molecule has 0 heterocycles. The maximum absolute atomic E-state index is 11.7. The van der Waals surface area contributed by atoms with Crippen LogP contribution in [0.4, 0.5) is 0 Å². The van der Waals surface area contributed by atoms with Gasteiger partial charge in [-0.05, 0) is 31.4 Å². The van der Waals surface area contributed by atoms with Gasteiger partial charge >= 0.3 is 0 Å². The van der Waals surface area contributed by atoms with E-state index in [2.05, 4.69) is 0 Å². The van der Waals surface area contributed by atoms with Crippen molar-refractivity contribution in [2.75, 3.05) is 27.3 Å². The maximum atomic E-state index is 11.7. The molecule has 21 heavy (non-hydrogen) atoms. The molecule has 0 aromatic heterocycles. The smallest absolute Gasteiger partial charge is 0.259 e. The van der Waals surface area contributed by atoms with E-state index in [0.717, 1.165) is 12.0 Å². The van der Waals surface area contributed by atoms with Crippen molar-refractivity contribution in [1.29, 1.82) is 0 Å². The summed E-state index contributed by atoms with van der Waals surface area (Å²) >= 11 is 0. The Bertz CT molecular complexity index is 461. The molecule has 1 rings (SSSR count). The Morgan fingerprint density at radius 1 is 1.29 bits per heavy atom. The van der Waals surface area contributed by atoms with Gasteiger partial charge in [-0.2, -0.15) is 0 Å². The van der Waals surface area contributed by atoms with Gasteiger partial charge in [0.15, 0.2) is 18.1 Å². The zero-order valence-electron chi connectivity index (χ0n) is 13.4. The monoisotopic (exact) mass is 294 g/mol. The van der Waals surface area contributed by atoms with E-state index in [1.807, 2.05) is 32.0 Å². The van der Waals surface area contributed by atoms with Crippen LogP contribution < -0.4 is 15.2 Å². The number of likely N-dealkylation sites (N-methyl/N-ethyl adjacent to an activating group) is 1. The summed E-state index contributed by atoms with van der Waals surface area (Å²) < 4.78 is 11.3. The Hall–Kier alpha value is -1.75. The number of benzene rings is 1. The lowest BCUT2D eigenvalue weighted by Gasteiger charge is -2.18. The molecule has 5 heteroatoms. The fraction of sp³-hybridized carbons (Fsp3) is 0.562. The Balaban J connectivity index is 2.96. The van der Waals surface area contributed by atoms with Gasteiger partial charge in [0.25, 0.3) is 5.91 Å². The highest BCUT2D eigenvalue weighted by Crippen LogP contribution is 2.32. The summed E-state index contributed by atoms with van der Waals surface area (Å²) in [6.45, 7) is 4.50. The van der Waals surface area contributed by atoms with Crippen LogP contribution in [0.1, 0.15) is 25.8 Å². The molecule has 1 aromatic rings. The molecule has 2 N–H and O–H groups in total. The Morgan fingerprint density at radius 3 is 2.57 bits per heavy atom. The number of para-hydroxylation sites is 1. The molecular formula is C16H26N2O3. The average Bonchev–Trinajstić information content (AvgIpc) is 2.46. The summed E-state index contributed by atoms with van der Waals surface area (Å²) in [6, 6.07) is 5.80. The molecule has 0 saturated heterocycles. The van der Waals surface area contributed by atoms with Gasteiger partial charge in [-0.1, -0.05) is 19.1 Å². The van der Waals surface area contributed by atoms with E-state index in [1.165, 1.54) is 4.90 Å². The first kappa shape index (κ1) is 17.3. The van der Waals surface area contributed by atoms with Crippen molar-refractivity contribution in [1.82, 2.24) is 4.90 Å². The van der Waals surface area contributed by atoms with Gasteiger partial charge in [-0.15, -0.1) is 0 Å². The van der Waals surface area contributed by atoms with Crippen molar-refractivity contribution >= 4 is 5.91 Å². The summed E-state index contributed by atoms with van der Waals surface area (Å²) in [6.07, 6.45) is 1.58. The number of nitrogens with two attached hydrogens (primary N) is 1. The molecule has 118 valence electrons. The number of carbonyl (C=O) groups is 1. The molecule has 1 unspecified atom stereocenters. The normalized spacial score (nSPS) is 11.9. The zero-order valence-corrected chi connectivity index (χ0v) is 13.4. The minimum atomic E-state index is -0.0907. The molecule has 1 aromatic carbocycles. The topological polar surface area (TPSA) is 64.8 Å². The predicted octanol–water partition coefficient (Wildman–Crippen LogP) is 1.83. The van der Waals surface area contributed by atoms with Gasteiger partial charge in [0.1, 0.15) is 0 Å². The molecular weight excluding hydrogens is 268 g/mol. The molecule has 5 nitrogen and oxygen atoms in total. The summed E-state index contributed by atoms with van der Waals surface area (Å²) in [5.41, 5.74) is 7.00. The van der Waals surface area contributed by atoms with Crippen LogP contribution >= 0.6 is 0 Å². The van der Waals surface area contributed by atoms with Crippen LogP contribution in [0.15, 0.2) is 18.2 Å². The number of amides is 1. The quantitative estimate of drug-likeness (QED) is 0.794. The highest BCUT2D eigenvalue weighted by atomic mass is 16.5. The Labute approximate surface area is 127 Å². The molecule has 0 fully saturated rings. The first-order valence-corrected chi connectivity index (χ1v) is 7.32. The average molecular weight is 294 g/mol. The summed E-state index contributed by atoms with van der Waals surface area (Å²) in [5, 5.41) is 0. The van der Waals surface area contributed by atoms with Crippen molar-refractivity contribution in [3.05, 3.63) is 23.8 Å². The van der Waals surface area contributed by atoms with E-state index in [0.29, 0.717) is 24.5 Å². The van der Waals surface area contributed by atoms with Crippen molar-refractivity contribution in [2.45, 2.75) is 32.7 Å². The van der Waals surface area contributed by atoms with E-state index in [4.69, 9.17) is 15.2 Å². The van der Waals surface area contributed by atoms with Crippen molar-refractivity contribution in [3.8, 4) is 11.5 Å². The van der Waals surface area contributed by atoms with Crippen LogP contribution in [0.3, 0.4) is 0 Å². The number of nitrogens with zero attached hydrogens (tertiary/aromatic N) is 1. The predicted molar refractivity (Wildman–Crippen MR) is 83.8 cm³/mol. The van der Waals surface area contributed by atoms with Gasteiger partial charge < -0.3 is 20.1 Å². The second kappa shape index (κ2) is 8.52. The highest BCUT2D eigenvalue weighted by Gasteiger charge is 2.15. The molecule has 0 saturated carbocycles. The molecule has 1 amide bonds. The number of carbonyl (C=O) groups excluding carboxylic acids is 1. The lowest BCUT2D eigenvalue weighted by molar-refractivity contribution is -0.130. The lowest BCUT2D eigenvalue weighted by atomic mass is 10.0. The van der Waals surface area contributed by atoms with Crippen molar-refractivity contribution in [3.63, 3.8) is 0 Å². The highest BCUT2D eigenvalue weighted by molar-refractivity contribution is 5.77. The Morgan fingerprint density at radius 2 is 2.00 bits per heavy atom. The number of hydrogen-bond acceptors (Lipinski definition) is 4. The third kappa shape index (κ3) is 5.27. The summed E-state index contributed by atoms with van der Waals surface area (Å²) in [4.78, 5) is 13.2. The number of rotatable bonds is 8. The standard InChI is InChI=1S/C16H26N2O3/c1-5-13(17)10-12-8-7-9-14(20-6-2)16(12)21-11-15(19)18(3)4/h7-9,13H,5-6,10-11,17H2,1-4H3. The number of hydrogen-bond donors (Lipinski definition) is 1. The van der Waals surface area contributed by atoms with Crippen LogP contribution in [-0.2, 0) is 11.2 Å². The second-order valence-corrected chi connectivity index (χ2v) is 5.13. The van der Waals surface area contributed by atoms with Crippen LogP contribution in [-0.4, -0.2) is 44.2 Å². The van der Waals surface area contributed by atoms with Gasteiger partial charge in [0.05, 0.1) is 6.61 Å². The fourth-order valence-electron chi connectivity index (χ4n) is 1.84. The molecule has 0 aliphatic rings. The fourth-order valence-corrected chi connectivity index (χ4v) is 1.84.